The zero-order chi connectivity index (χ0) is 15.9. The van der Waals surface area contributed by atoms with E-state index in [1.165, 1.54) is 6.20 Å². The number of imidazole rings is 1. The van der Waals surface area contributed by atoms with Gasteiger partial charge in [-0.3, -0.25) is 0 Å². The van der Waals surface area contributed by atoms with E-state index in [4.69, 9.17) is 11.6 Å². The number of pyridine rings is 1. The molecule has 0 radical (unpaired) electrons. The molecule has 0 unspecified atom stereocenters. The van der Waals surface area contributed by atoms with E-state index in [0.717, 1.165) is 10.0 Å². The lowest BCUT2D eigenvalue weighted by atomic mass is 10.1. The van der Waals surface area contributed by atoms with Crippen LogP contribution >= 0.6 is 27.5 Å². The normalized spacial score (nSPS) is 10.9. The second kappa shape index (κ2) is 5.62. The van der Waals surface area contributed by atoms with Crippen LogP contribution in [0.25, 0.3) is 5.65 Å². The van der Waals surface area contributed by atoms with Gasteiger partial charge in [-0.1, -0.05) is 27.5 Å². The number of carbonyl (C=O) groups is 1. The number of nitrogens with zero attached hydrogens (tertiary/aromatic N) is 2. The molecule has 0 fully saturated rings. The van der Waals surface area contributed by atoms with Gasteiger partial charge in [0.25, 0.3) is 0 Å². The lowest BCUT2D eigenvalue weighted by molar-refractivity contribution is 0.0697. The lowest BCUT2D eigenvalue weighted by Crippen LogP contribution is -2.07. The maximum atomic E-state index is 11.6. The minimum Gasteiger partial charge on any atom is -0.478 e. The molecule has 0 amide bonds. The first-order valence-electron chi connectivity index (χ1n) is 6.39. The Morgan fingerprint density at radius 1 is 1.45 bits per heavy atom. The van der Waals surface area contributed by atoms with E-state index in [2.05, 4.69) is 26.2 Å². The quantitative estimate of drug-likeness (QED) is 0.702. The molecule has 2 aromatic heterocycles. The van der Waals surface area contributed by atoms with Crippen LogP contribution in [-0.2, 0) is 0 Å². The smallest absolute Gasteiger partial charge is 0.339 e. The molecule has 0 aliphatic heterocycles. The summed E-state index contributed by atoms with van der Waals surface area (Å²) in [7, 11) is 0. The van der Waals surface area contributed by atoms with Crippen molar-refractivity contribution in [3.63, 3.8) is 0 Å². The molecule has 0 bridgehead atoms. The molecule has 5 nitrogen and oxygen atoms in total. The summed E-state index contributed by atoms with van der Waals surface area (Å²) in [4.78, 5) is 15.8. The van der Waals surface area contributed by atoms with E-state index in [-0.39, 0.29) is 5.56 Å². The molecule has 0 spiro atoms. The number of aromatic carboxylic acids is 1. The molecule has 3 rings (SSSR count). The Balaban J connectivity index is 2.18. The molecule has 2 N–H and O–H groups in total. The van der Waals surface area contributed by atoms with Crippen molar-refractivity contribution in [1.29, 1.82) is 0 Å². The fraction of sp³-hybridized carbons (Fsp3) is 0.0667. The molecular weight excluding hydrogens is 370 g/mol. The number of carboxylic acids is 1. The molecule has 22 heavy (non-hydrogen) atoms. The number of hydrogen-bond acceptors (Lipinski definition) is 3. The van der Waals surface area contributed by atoms with Gasteiger partial charge in [0.05, 0.1) is 22.0 Å². The summed E-state index contributed by atoms with van der Waals surface area (Å²) in [6.07, 6.45) is 4.88. The molecule has 2 heterocycles. The van der Waals surface area contributed by atoms with Crippen LogP contribution in [0.3, 0.4) is 0 Å². The molecule has 3 aromatic rings. The fourth-order valence-corrected chi connectivity index (χ4v) is 2.99. The second-order valence-corrected chi connectivity index (χ2v) is 6.08. The Morgan fingerprint density at radius 3 is 2.91 bits per heavy atom. The maximum Gasteiger partial charge on any atom is 0.339 e. The number of fused-ring (bicyclic) bond motifs is 1. The number of halogens is 2. The van der Waals surface area contributed by atoms with Gasteiger partial charge in [-0.25, -0.2) is 9.78 Å². The molecule has 7 heteroatoms. The number of rotatable bonds is 3. The number of hydrogen-bond donors (Lipinski definition) is 2. The number of anilines is 2. The van der Waals surface area contributed by atoms with Gasteiger partial charge >= 0.3 is 5.97 Å². The SMILES string of the molecule is Cc1c(Nc2ccc(Br)cc2Cl)c(C(=O)O)cn2ccnc12. The van der Waals surface area contributed by atoms with Gasteiger partial charge in [-0.2, -0.15) is 0 Å². The zero-order valence-corrected chi connectivity index (χ0v) is 13.8. The number of carboxylic acid groups (broad SMARTS) is 1. The molecule has 0 saturated carbocycles. The van der Waals surface area contributed by atoms with Crippen LogP contribution in [0.5, 0.6) is 0 Å². The van der Waals surface area contributed by atoms with Crippen molar-refractivity contribution in [3.05, 3.63) is 57.4 Å². The summed E-state index contributed by atoms with van der Waals surface area (Å²) >= 11 is 9.54. The van der Waals surface area contributed by atoms with Gasteiger partial charge in [0.2, 0.25) is 0 Å². The van der Waals surface area contributed by atoms with Crippen molar-refractivity contribution < 1.29 is 9.90 Å². The predicted octanol–water partition coefficient (Wildman–Crippen LogP) is 4.50. The number of aryl methyl sites for hydroxylation is 1. The van der Waals surface area contributed by atoms with E-state index in [0.29, 0.717) is 22.0 Å². The minimum atomic E-state index is -1.02. The monoisotopic (exact) mass is 379 g/mol. The summed E-state index contributed by atoms with van der Waals surface area (Å²) < 4.78 is 2.54. The Kier molecular flexibility index (Phi) is 3.80. The van der Waals surface area contributed by atoms with E-state index < -0.39 is 5.97 Å². The fourth-order valence-electron chi connectivity index (χ4n) is 2.27. The topological polar surface area (TPSA) is 66.6 Å². The Labute approximate surface area is 139 Å². The van der Waals surface area contributed by atoms with E-state index in [1.807, 2.05) is 13.0 Å². The third-order valence-corrected chi connectivity index (χ3v) is 4.14. The van der Waals surface area contributed by atoms with Crippen molar-refractivity contribution in [2.75, 3.05) is 5.32 Å². The van der Waals surface area contributed by atoms with Crippen LogP contribution in [-0.4, -0.2) is 20.5 Å². The molecule has 1 aromatic carbocycles. The molecule has 0 aliphatic carbocycles. The number of nitrogens with one attached hydrogen (secondary N) is 1. The highest BCUT2D eigenvalue weighted by Crippen LogP contribution is 2.32. The third-order valence-electron chi connectivity index (χ3n) is 3.34. The molecular formula is C15H11BrClN3O2. The van der Waals surface area contributed by atoms with Crippen LogP contribution < -0.4 is 5.32 Å². The van der Waals surface area contributed by atoms with Gasteiger partial charge < -0.3 is 14.8 Å². The van der Waals surface area contributed by atoms with Gasteiger partial charge in [-0.15, -0.1) is 0 Å². The molecule has 0 atom stereocenters. The van der Waals surface area contributed by atoms with Crippen molar-refractivity contribution in [1.82, 2.24) is 9.38 Å². The molecule has 0 saturated heterocycles. The summed E-state index contributed by atoms with van der Waals surface area (Å²) in [5, 5.41) is 13.1. The van der Waals surface area contributed by atoms with Crippen LogP contribution in [0.15, 0.2) is 41.3 Å². The summed E-state index contributed by atoms with van der Waals surface area (Å²) in [5.74, 6) is -1.02. The minimum absolute atomic E-state index is 0.155. The summed E-state index contributed by atoms with van der Waals surface area (Å²) in [6.45, 7) is 1.82. The number of aromatic nitrogens is 2. The Bertz CT molecular complexity index is 892. The Morgan fingerprint density at radius 2 is 2.23 bits per heavy atom. The molecule has 112 valence electrons. The van der Waals surface area contributed by atoms with Crippen LogP contribution in [0.1, 0.15) is 15.9 Å². The highest BCUT2D eigenvalue weighted by Gasteiger charge is 2.17. The van der Waals surface area contributed by atoms with E-state index in [1.54, 1.807) is 28.9 Å². The van der Waals surface area contributed by atoms with Crippen molar-refractivity contribution in [2.45, 2.75) is 6.92 Å². The highest BCUT2D eigenvalue weighted by atomic mass is 79.9. The van der Waals surface area contributed by atoms with Crippen molar-refractivity contribution >= 4 is 50.5 Å². The summed E-state index contributed by atoms with van der Waals surface area (Å²) in [6, 6.07) is 5.36. The zero-order valence-electron chi connectivity index (χ0n) is 11.5. The van der Waals surface area contributed by atoms with Gasteiger partial charge in [0, 0.05) is 28.6 Å². The highest BCUT2D eigenvalue weighted by molar-refractivity contribution is 9.10. The first-order chi connectivity index (χ1) is 10.5. The van der Waals surface area contributed by atoms with E-state index >= 15 is 0 Å². The first kappa shape index (κ1) is 14.9. The van der Waals surface area contributed by atoms with Crippen LogP contribution in [0, 0.1) is 6.92 Å². The first-order valence-corrected chi connectivity index (χ1v) is 7.56. The predicted molar refractivity (Wildman–Crippen MR) is 89.3 cm³/mol. The average molecular weight is 381 g/mol. The van der Waals surface area contributed by atoms with Crippen LogP contribution in [0.4, 0.5) is 11.4 Å². The van der Waals surface area contributed by atoms with Gasteiger partial charge in [0.15, 0.2) is 0 Å². The number of benzene rings is 1. The Hall–Kier alpha value is -2.05. The van der Waals surface area contributed by atoms with Crippen molar-refractivity contribution in [3.8, 4) is 0 Å². The summed E-state index contributed by atoms with van der Waals surface area (Å²) in [5.41, 5.74) is 2.70. The largest absolute Gasteiger partial charge is 0.478 e. The van der Waals surface area contributed by atoms with E-state index in [9.17, 15) is 9.90 Å². The third kappa shape index (κ3) is 2.55. The lowest BCUT2D eigenvalue weighted by Gasteiger charge is -2.15. The van der Waals surface area contributed by atoms with Gasteiger partial charge in [0.1, 0.15) is 5.65 Å². The maximum absolute atomic E-state index is 11.6. The molecule has 0 aliphatic rings. The van der Waals surface area contributed by atoms with Crippen LogP contribution in [0.2, 0.25) is 5.02 Å². The van der Waals surface area contributed by atoms with Gasteiger partial charge in [-0.05, 0) is 25.1 Å². The average Bonchev–Trinajstić information content (AvgIpc) is 2.92. The second-order valence-electron chi connectivity index (χ2n) is 4.76. The van der Waals surface area contributed by atoms with Crippen molar-refractivity contribution in [2.24, 2.45) is 0 Å². The standard InChI is InChI=1S/C15H11BrClN3O2/c1-8-13(19-12-3-2-9(16)6-11(12)17)10(15(21)22)7-20-5-4-18-14(8)20/h2-7,19H,1H3,(H,21,22).